The van der Waals surface area contributed by atoms with Crippen molar-refractivity contribution < 1.29 is 0 Å². The number of nitrogens with zero attached hydrogens (tertiary/aromatic N) is 2. The van der Waals surface area contributed by atoms with E-state index < -0.39 is 0 Å². The predicted octanol–water partition coefficient (Wildman–Crippen LogP) is 3.84. The van der Waals surface area contributed by atoms with Gasteiger partial charge in [-0.3, -0.25) is 0 Å². The lowest BCUT2D eigenvalue weighted by Gasteiger charge is -2.02. The summed E-state index contributed by atoms with van der Waals surface area (Å²) in [4.78, 5) is 8.20. The second kappa shape index (κ2) is 5.46. The molecule has 4 heteroatoms. The van der Waals surface area contributed by atoms with E-state index in [1.807, 2.05) is 6.07 Å². The monoisotopic (exact) mass is 294 g/mol. The van der Waals surface area contributed by atoms with Crippen molar-refractivity contribution in [3.8, 4) is 0 Å². The molecule has 82 valence electrons. The summed E-state index contributed by atoms with van der Waals surface area (Å²) in [7, 11) is 0. The molecule has 0 N–H and O–H groups in total. The van der Waals surface area contributed by atoms with Gasteiger partial charge in [0.05, 0.1) is 0 Å². The van der Waals surface area contributed by atoms with E-state index in [1.165, 1.54) is 11.1 Å². The van der Waals surface area contributed by atoms with Crippen molar-refractivity contribution in [1.82, 2.24) is 9.97 Å². The van der Waals surface area contributed by atoms with Crippen LogP contribution in [0.3, 0.4) is 0 Å². The number of hydrogen-bond donors (Lipinski definition) is 0. The summed E-state index contributed by atoms with van der Waals surface area (Å²) in [6, 6.07) is 10.5. The third-order valence-electron chi connectivity index (χ3n) is 2.08. The van der Waals surface area contributed by atoms with Crippen LogP contribution in [-0.4, -0.2) is 9.97 Å². The van der Waals surface area contributed by atoms with Crippen LogP contribution in [0.25, 0.3) is 0 Å². The van der Waals surface area contributed by atoms with Gasteiger partial charge in [-0.1, -0.05) is 29.8 Å². The Balaban J connectivity index is 2.02. The Morgan fingerprint density at radius 1 is 1.25 bits per heavy atom. The molecule has 0 aliphatic carbocycles. The number of aromatic nitrogens is 2. The van der Waals surface area contributed by atoms with Gasteiger partial charge >= 0.3 is 0 Å². The van der Waals surface area contributed by atoms with E-state index >= 15 is 0 Å². The molecule has 0 aliphatic rings. The Hall–Kier alpha value is -0.870. The summed E-state index contributed by atoms with van der Waals surface area (Å²) in [6.45, 7) is 2.11. The molecule has 1 aromatic heterocycles. The quantitative estimate of drug-likeness (QED) is 0.635. The van der Waals surface area contributed by atoms with Gasteiger partial charge in [-0.25, -0.2) is 9.97 Å². The molecule has 0 radical (unpaired) electrons. The van der Waals surface area contributed by atoms with E-state index in [-0.39, 0.29) is 0 Å². The normalized spacial score (nSPS) is 10.4. The minimum atomic E-state index is 0.828. The molecule has 16 heavy (non-hydrogen) atoms. The maximum atomic E-state index is 4.20. The van der Waals surface area contributed by atoms with Crippen molar-refractivity contribution in [1.29, 1.82) is 0 Å². The highest BCUT2D eigenvalue weighted by molar-refractivity contribution is 9.10. The molecule has 0 fully saturated rings. The highest BCUT2D eigenvalue weighted by Gasteiger charge is 1.99. The molecule has 0 amide bonds. The number of thioether (sulfide) groups is 1. The van der Waals surface area contributed by atoms with Crippen LogP contribution in [0.1, 0.15) is 11.1 Å². The first-order valence-corrected chi connectivity index (χ1v) is 6.68. The van der Waals surface area contributed by atoms with E-state index in [9.17, 15) is 0 Å². The van der Waals surface area contributed by atoms with Crippen molar-refractivity contribution in [3.05, 3.63) is 52.4 Å². The van der Waals surface area contributed by atoms with Gasteiger partial charge in [-0.05, 0) is 28.4 Å². The molecule has 0 saturated carbocycles. The molecule has 1 heterocycles. The first-order valence-electron chi connectivity index (χ1n) is 4.90. The van der Waals surface area contributed by atoms with Crippen LogP contribution in [0.15, 0.2) is 46.3 Å². The smallest absolute Gasteiger partial charge is 0.118 e. The minimum Gasteiger partial charge on any atom is -0.230 e. The fourth-order valence-corrected chi connectivity index (χ4v) is 2.63. The molecule has 2 aromatic rings. The van der Waals surface area contributed by atoms with E-state index in [0.29, 0.717) is 0 Å². The van der Waals surface area contributed by atoms with Gasteiger partial charge in [-0.2, -0.15) is 0 Å². The zero-order chi connectivity index (χ0) is 11.4. The lowest BCUT2D eigenvalue weighted by Crippen LogP contribution is -1.85. The van der Waals surface area contributed by atoms with Crippen molar-refractivity contribution in [2.45, 2.75) is 17.7 Å². The molecule has 0 unspecified atom stereocenters. The fourth-order valence-electron chi connectivity index (χ4n) is 1.36. The second-order valence-corrected chi connectivity index (χ2v) is 5.26. The van der Waals surface area contributed by atoms with Crippen LogP contribution in [0.4, 0.5) is 0 Å². The van der Waals surface area contributed by atoms with Crippen LogP contribution < -0.4 is 0 Å². The third kappa shape index (κ3) is 3.32. The Morgan fingerprint density at radius 3 is 2.88 bits per heavy atom. The van der Waals surface area contributed by atoms with E-state index in [2.05, 4.69) is 57.1 Å². The minimum absolute atomic E-state index is 0.828. The van der Waals surface area contributed by atoms with E-state index in [1.54, 1.807) is 18.1 Å². The molecule has 1 aromatic carbocycles. The highest BCUT2D eigenvalue weighted by Crippen LogP contribution is 2.22. The molecule has 0 spiro atoms. The molecule has 0 aliphatic heterocycles. The van der Waals surface area contributed by atoms with Gasteiger partial charge in [0.25, 0.3) is 0 Å². The molecule has 0 saturated heterocycles. The van der Waals surface area contributed by atoms with Crippen LogP contribution in [0.2, 0.25) is 0 Å². The maximum absolute atomic E-state index is 4.20. The fraction of sp³-hybridized carbons (Fsp3) is 0.167. The summed E-state index contributed by atoms with van der Waals surface area (Å²) in [5.74, 6) is 0.936. The van der Waals surface area contributed by atoms with Crippen LogP contribution in [0, 0.1) is 6.92 Å². The lowest BCUT2D eigenvalue weighted by molar-refractivity contribution is 1.03. The van der Waals surface area contributed by atoms with Gasteiger partial charge in [-0.15, -0.1) is 11.8 Å². The molecule has 2 rings (SSSR count). The Morgan fingerprint density at radius 2 is 2.12 bits per heavy atom. The van der Waals surface area contributed by atoms with Crippen molar-refractivity contribution >= 4 is 27.7 Å². The van der Waals surface area contributed by atoms with Gasteiger partial charge in [0, 0.05) is 11.8 Å². The van der Waals surface area contributed by atoms with E-state index in [0.717, 1.165) is 15.4 Å². The van der Waals surface area contributed by atoms with Crippen LogP contribution >= 0.6 is 27.7 Å². The zero-order valence-corrected chi connectivity index (χ0v) is 11.3. The van der Waals surface area contributed by atoms with Crippen molar-refractivity contribution in [2.24, 2.45) is 0 Å². The second-order valence-electron chi connectivity index (χ2n) is 3.46. The number of benzene rings is 1. The van der Waals surface area contributed by atoms with Crippen molar-refractivity contribution in [3.63, 3.8) is 0 Å². The Bertz CT molecular complexity index is 442. The first-order chi connectivity index (χ1) is 7.74. The average molecular weight is 295 g/mol. The van der Waals surface area contributed by atoms with Gasteiger partial charge in [0.15, 0.2) is 0 Å². The molecular formula is C12H11BrN2S. The summed E-state index contributed by atoms with van der Waals surface area (Å²) in [6.07, 6.45) is 1.57. The topological polar surface area (TPSA) is 25.8 Å². The summed E-state index contributed by atoms with van der Waals surface area (Å²) in [5, 5.41) is 0.989. The highest BCUT2D eigenvalue weighted by atomic mass is 79.9. The van der Waals surface area contributed by atoms with Crippen molar-refractivity contribution in [2.75, 3.05) is 0 Å². The molecular weight excluding hydrogens is 284 g/mol. The molecule has 2 nitrogen and oxygen atoms in total. The molecule has 0 atom stereocenters. The van der Waals surface area contributed by atoms with Gasteiger partial charge in [0.2, 0.25) is 0 Å². The third-order valence-corrected chi connectivity index (χ3v) is 3.51. The first kappa shape index (κ1) is 11.6. The number of halogens is 1. The van der Waals surface area contributed by atoms with Crippen LogP contribution in [0.5, 0.6) is 0 Å². The SMILES string of the molecule is Cc1cccc(CSc2cc(Br)ncn2)c1. The Labute approximate surface area is 108 Å². The summed E-state index contributed by atoms with van der Waals surface area (Å²) < 4.78 is 0.828. The average Bonchev–Trinajstić information content (AvgIpc) is 2.27. The number of rotatable bonds is 3. The van der Waals surface area contributed by atoms with Gasteiger partial charge < -0.3 is 0 Å². The van der Waals surface area contributed by atoms with Crippen LogP contribution in [-0.2, 0) is 5.75 Å². The zero-order valence-electron chi connectivity index (χ0n) is 8.85. The Kier molecular flexibility index (Phi) is 3.96. The maximum Gasteiger partial charge on any atom is 0.118 e. The molecule has 0 bridgehead atoms. The van der Waals surface area contributed by atoms with E-state index in [4.69, 9.17) is 0 Å². The number of aryl methyl sites for hydroxylation is 1. The summed E-state index contributed by atoms with van der Waals surface area (Å²) in [5.41, 5.74) is 2.61. The standard InChI is InChI=1S/C12H11BrN2S/c1-9-3-2-4-10(5-9)7-16-12-6-11(13)14-8-15-12/h2-6,8H,7H2,1H3. The van der Waals surface area contributed by atoms with Gasteiger partial charge in [0.1, 0.15) is 16.0 Å². The largest absolute Gasteiger partial charge is 0.230 e. The number of hydrogen-bond acceptors (Lipinski definition) is 3. The predicted molar refractivity (Wildman–Crippen MR) is 70.5 cm³/mol. The lowest BCUT2D eigenvalue weighted by atomic mass is 10.2. The summed E-state index contributed by atoms with van der Waals surface area (Å²) >= 11 is 5.05.